The SMILES string of the molecule is CC(C)(CN)c1ccc2c(c1)CCC(=O)N2CCl. The standard InChI is InChI=1S/C14H19ClN2O/c1-14(2,8-16)11-4-5-12-10(7-11)3-6-13(18)17(12)9-15/h4-5,7H,3,6,8-9,16H2,1-2H3. The van der Waals surface area contributed by atoms with Crippen LogP contribution >= 0.6 is 11.6 Å². The van der Waals surface area contributed by atoms with Crippen LogP contribution in [0.1, 0.15) is 31.4 Å². The molecule has 0 fully saturated rings. The van der Waals surface area contributed by atoms with Crippen LogP contribution < -0.4 is 10.6 Å². The zero-order valence-corrected chi connectivity index (χ0v) is 11.6. The van der Waals surface area contributed by atoms with E-state index in [0.29, 0.717) is 13.0 Å². The number of hydrogen-bond acceptors (Lipinski definition) is 2. The number of halogens is 1. The fourth-order valence-electron chi connectivity index (χ4n) is 2.23. The summed E-state index contributed by atoms with van der Waals surface area (Å²) in [4.78, 5) is 13.4. The molecule has 0 aliphatic carbocycles. The van der Waals surface area contributed by atoms with Crippen molar-refractivity contribution in [1.82, 2.24) is 0 Å². The minimum Gasteiger partial charge on any atom is -0.330 e. The predicted molar refractivity (Wildman–Crippen MR) is 75.0 cm³/mol. The van der Waals surface area contributed by atoms with Gasteiger partial charge in [0.25, 0.3) is 0 Å². The van der Waals surface area contributed by atoms with E-state index in [2.05, 4.69) is 19.9 Å². The first-order valence-corrected chi connectivity index (χ1v) is 6.73. The molecule has 0 atom stereocenters. The Morgan fingerprint density at radius 3 is 2.72 bits per heavy atom. The quantitative estimate of drug-likeness (QED) is 0.675. The van der Waals surface area contributed by atoms with Crippen LogP contribution in [0.5, 0.6) is 0 Å². The molecule has 2 rings (SSSR count). The van der Waals surface area contributed by atoms with Crippen LogP contribution in [-0.2, 0) is 16.6 Å². The molecule has 0 bridgehead atoms. The molecule has 0 saturated heterocycles. The minimum atomic E-state index is -0.0394. The van der Waals surface area contributed by atoms with Crippen LogP contribution in [0.25, 0.3) is 0 Å². The summed E-state index contributed by atoms with van der Waals surface area (Å²) in [6.45, 7) is 4.86. The van der Waals surface area contributed by atoms with E-state index in [-0.39, 0.29) is 17.3 Å². The zero-order valence-electron chi connectivity index (χ0n) is 10.9. The van der Waals surface area contributed by atoms with Gasteiger partial charge in [0.15, 0.2) is 0 Å². The molecule has 2 N–H and O–H groups in total. The summed E-state index contributed by atoms with van der Waals surface area (Å²) < 4.78 is 0. The van der Waals surface area contributed by atoms with Crippen molar-refractivity contribution in [2.75, 3.05) is 17.4 Å². The first kappa shape index (κ1) is 13.4. The Labute approximate surface area is 113 Å². The largest absolute Gasteiger partial charge is 0.330 e. The number of fused-ring (bicyclic) bond motifs is 1. The average molecular weight is 267 g/mol. The number of nitrogens with two attached hydrogens (primary N) is 1. The number of nitrogens with zero attached hydrogens (tertiary/aromatic N) is 1. The molecule has 1 aromatic carbocycles. The number of amides is 1. The average Bonchev–Trinajstić information content (AvgIpc) is 2.38. The van der Waals surface area contributed by atoms with Gasteiger partial charge in [-0.25, -0.2) is 0 Å². The molecular weight excluding hydrogens is 248 g/mol. The first-order valence-electron chi connectivity index (χ1n) is 6.19. The second-order valence-corrected chi connectivity index (χ2v) is 5.61. The van der Waals surface area contributed by atoms with Crippen molar-refractivity contribution in [1.29, 1.82) is 0 Å². The lowest BCUT2D eigenvalue weighted by molar-refractivity contribution is -0.118. The summed E-state index contributed by atoms with van der Waals surface area (Å²) in [6.07, 6.45) is 1.32. The normalized spacial score (nSPS) is 15.8. The summed E-state index contributed by atoms with van der Waals surface area (Å²) in [7, 11) is 0. The van der Waals surface area contributed by atoms with Crippen molar-refractivity contribution in [2.24, 2.45) is 5.73 Å². The Morgan fingerprint density at radius 1 is 1.39 bits per heavy atom. The van der Waals surface area contributed by atoms with Crippen LogP contribution in [0.4, 0.5) is 5.69 Å². The fraction of sp³-hybridized carbons (Fsp3) is 0.500. The van der Waals surface area contributed by atoms with E-state index >= 15 is 0 Å². The highest BCUT2D eigenvalue weighted by atomic mass is 35.5. The number of anilines is 1. The molecule has 0 spiro atoms. The highest BCUT2D eigenvalue weighted by Gasteiger charge is 2.26. The summed E-state index contributed by atoms with van der Waals surface area (Å²) in [6, 6.07) is 6.41. The van der Waals surface area contributed by atoms with E-state index in [0.717, 1.165) is 12.1 Å². The summed E-state index contributed by atoms with van der Waals surface area (Å²) in [5.74, 6) is 0.100. The topological polar surface area (TPSA) is 46.3 Å². The first-order chi connectivity index (χ1) is 8.49. The number of rotatable bonds is 3. The predicted octanol–water partition coefficient (Wildman–Crippen LogP) is 2.40. The van der Waals surface area contributed by atoms with Gasteiger partial charge in [-0.1, -0.05) is 26.0 Å². The number of benzene rings is 1. The van der Waals surface area contributed by atoms with Crippen molar-refractivity contribution >= 4 is 23.2 Å². The van der Waals surface area contributed by atoms with Gasteiger partial charge < -0.3 is 5.73 Å². The van der Waals surface area contributed by atoms with Crippen LogP contribution in [0, 0.1) is 0 Å². The molecule has 1 aromatic rings. The minimum absolute atomic E-state index is 0.0394. The molecule has 98 valence electrons. The second-order valence-electron chi connectivity index (χ2n) is 5.37. The van der Waals surface area contributed by atoms with Gasteiger partial charge in [0, 0.05) is 24.1 Å². The molecule has 0 radical (unpaired) electrons. The van der Waals surface area contributed by atoms with E-state index in [9.17, 15) is 4.79 Å². The Hall–Kier alpha value is -1.06. The third kappa shape index (κ3) is 2.25. The molecule has 1 aliphatic heterocycles. The molecule has 4 heteroatoms. The maximum absolute atomic E-state index is 11.7. The Balaban J connectivity index is 2.42. The van der Waals surface area contributed by atoms with Crippen molar-refractivity contribution in [2.45, 2.75) is 32.1 Å². The maximum Gasteiger partial charge on any atom is 0.228 e. The maximum atomic E-state index is 11.7. The molecule has 1 aliphatic rings. The van der Waals surface area contributed by atoms with E-state index < -0.39 is 0 Å². The molecule has 1 amide bonds. The van der Waals surface area contributed by atoms with E-state index in [1.54, 1.807) is 4.90 Å². The van der Waals surface area contributed by atoms with Gasteiger partial charge in [0.1, 0.15) is 6.00 Å². The molecule has 3 nitrogen and oxygen atoms in total. The monoisotopic (exact) mass is 266 g/mol. The zero-order chi connectivity index (χ0) is 13.3. The van der Waals surface area contributed by atoms with Crippen molar-refractivity contribution in [3.63, 3.8) is 0 Å². The van der Waals surface area contributed by atoms with Gasteiger partial charge in [0.05, 0.1) is 0 Å². The number of aryl methyl sites for hydroxylation is 1. The smallest absolute Gasteiger partial charge is 0.228 e. The third-order valence-electron chi connectivity index (χ3n) is 3.69. The van der Waals surface area contributed by atoms with Crippen LogP contribution in [0.2, 0.25) is 0 Å². The van der Waals surface area contributed by atoms with Gasteiger partial charge in [-0.3, -0.25) is 9.69 Å². The number of hydrogen-bond donors (Lipinski definition) is 1. The molecule has 18 heavy (non-hydrogen) atoms. The van der Waals surface area contributed by atoms with Crippen molar-refractivity contribution in [3.05, 3.63) is 29.3 Å². The van der Waals surface area contributed by atoms with E-state index in [4.69, 9.17) is 17.3 Å². The third-order valence-corrected chi connectivity index (χ3v) is 3.93. The van der Waals surface area contributed by atoms with Gasteiger partial charge in [-0.05, 0) is 23.6 Å². The lowest BCUT2D eigenvalue weighted by Gasteiger charge is -2.30. The second kappa shape index (κ2) is 4.90. The Kier molecular flexibility index (Phi) is 3.64. The Morgan fingerprint density at radius 2 is 2.11 bits per heavy atom. The van der Waals surface area contributed by atoms with Crippen LogP contribution in [-0.4, -0.2) is 18.5 Å². The number of carbonyl (C=O) groups is 1. The molecular formula is C14H19ClN2O. The lowest BCUT2D eigenvalue weighted by Crippen LogP contribution is -2.34. The Bertz CT molecular complexity index is 471. The number of carbonyl (C=O) groups excluding carboxylic acids is 1. The van der Waals surface area contributed by atoms with Gasteiger partial charge in [-0.2, -0.15) is 0 Å². The van der Waals surface area contributed by atoms with Gasteiger partial charge in [-0.15, -0.1) is 11.6 Å². The summed E-state index contributed by atoms with van der Waals surface area (Å²) in [5.41, 5.74) is 9.11. The molecule has 0 aromatic heterocycles. The van der Waals surface area contributed by atoms with Crippen molar-refractivity contribution in [3.8, 4) is 0 Å². The van der Waals surface area contributed by atoms with E-state index in [1.807, 2.05) is 12.1 Å². The molecule has 0 saturated carbocycles. The summed E-state index contributed by atoms with van der Waals surface area (Å²) in [5, 5.41) is 0. The fourth-order valence-corrected chi connectivity index (χ4v) is 2.49. The lowest BCUT2D eigenvalue weighted by atomic mass is 9.83. The highest BCUT2D eigenvalue weighted by Crippen LogP contribution is 2.32. The molecule has 0 unspecified atom stereocenters. The van der Waals surface area contributed by atoms with Crippen LogP contribution in [0.3, 0.4) is 0 Å². The molecule has 1 heterocycles. The highest BCUT2D eigenvalue weighted by molar-refractivity contribution is 6.21. The van der Waals surface area contributed by atoms with Gasteiger partial charge >= 0.3 is 0 Å². The summed E-state index contributed by atoms with van der Waals surface area (Å²) >= 11 is 5.85. The van der Waals surface area contributed by atoms with Gasteiger partial charge in [0.2, 0.25) is 5.91 Å². The van der Waals surface area contributed by atoms with Crippen LogP contribution in [0.15, 0.2) is 18.2 Å². The van der Waals surface area contributed by atoms with E-state index in [1.165, 1.54) is 11.1 Å². The number of alkyl halides is 1. The van der Waals surface area contributed by atoms with Crippen molar-refractivity contribution < 1.29 is 4.79 Å².